The predicted molar refractivity (Wildman–Crippen MR) is 346 cm³/mol. The highest BCUT2D eigenvalue weighted by molar-refractivity contribution is 6.55. The molecule has 0 amide bonds. The molecule has 4 nitrogen and oxygen atoms in total. The second-order valence-corrected chi connectivity index (χ2v) is 25.0. The normalized spacial score (nSPS) is 11.4. The Morgan fingerprint density at radius 2 is 0.377 bits per heavy atom. The van der Waals surface area contributed by atoms with Gasteiger partial charge >= 0.3 is 0 Å². The smallest absolute Gasteiger partial charge is 0.0768 e. The molecule has 0 radical (unpaired) electrons. The molecule has 0 heterocycles. The lowest BCUT2D eigenvalue weighted by Crippen LogP contribution is -3.09. The maximum Gasteiger partial charge on any atom is 0.0768 e. The summed E-state index contributed by atoms with van der Waals surface area (Å²) >= 11 is 0. The lowest BCUT2D eigenvalue weighted by Gasteiger charge is -2.26. The van der Waals surface area contributed by atoms with Crippen LogP contribution in [0.4, 0.5) is 0 Å². The Morgan fingerprint density at radius 3 is 0.506 bits per heavy atom. The van der Waals surface area contributed by atoms with Crippen LogP contribution in [0.1, 0.15) is 387 Å². The number of hydrogen-bond donors (Lipinski definition) is 2. The van der Waals surface area contributed by atoms with Crippen molar-refractivity contribution < 1.29 is 19.8 Å². The fourth-order valence-electron chi connectivity index (χ4n) is 11.3. The Hall–Kier alpha value is -0.875. The topological polar surface area (TPSA) is 55.0 Å². The first kappa shape index (κ1) is 78.2. The third kappa shape index (κ3) is 71.2. The average molecular weight is 1080 g/mol. The number of hydrogen-bond acceptors (Lipinski definition) is 2. The van der Waals surface area contributed by atoms with Crippen LogP contribution in [0.25, 0.3) is 0 Å². The third-order valence-corrected chi connectivity index (χ3v) is 16.9. The van der Waals surface area contributed by atoms with E-state index in [2.05, 4.69) is 41.8 Å². The first-order valence-corrected chi connectivity index (χ1v) is 35.9. The van der Waals surface area contributed by atoms with E-state index in [1.54, 1.807) is 28.0 Å². The van der Waals surface area contributed by atoms with Gasteiger partial charge in [-0.05, 0) is 51.4 Å². The van der Waals surface area contributed by atoms with Crippen molar-refractivity contribution in [1.82, 2.24) is 0 Å². The molecule has 1 aromatic rings. The molecule has 2 N–H and O–H groups in total. The predicted octanol–water partition coefficient (Wildman–Crippen LogP) is 19.0. The zero-order chi connectivity index (χ0) is 56.3. The van der Waals surface area contributed by atoms with E-state index in [9.17, 15) is 10.0 Å². The van der Waals surface area contributed by atoms with E-state index < -0.39 is 7.12 Å². The molecule has 77 heavy (non-hydrogen) atoms. The number of quaternary nitrogens is 2. The summed E-state index contributed by atoms with van der Waals surface area (Å²) in [4.78, 5) is 3.55. The van der Waals surface area contributed by atoms with Gasteiger partial charge in [-0.2, -0.15) is 0 Å². The largest absolute Gasteiger partial charge is 0.889 e. The molecule has 0 unspecified atom stereocenters. The van der Waals surface area contributed by atoms with Gasteiger partial charge in [0.1, 0.15) is 0 Å². The Morgan fingerprint density at radius 1 is 0.234 bits per heavy atom. The molecule has 0 aliphatic rings. The van der Waals surface area contributed by atoms with Gasteiger partial charge in [0.05, 0.1) is 40.3 Å². The molecule has 0 bridgehead atoms. The van der Waals surface area contributed by atoms with Crippen molar-refractivity contribution >= 4 is 12.6 Å². The molecule has 1 aromatic carbocycles. The van der Waals surface area contributed by atoms with Gasteiger partial charge in [-0.1, -0.05) is 373 Å². The molecule has 458 valence electrons. The van der Waals surface area contributed by atoms with Crippen LogP contribution in [-0.4, -0.2) is 47.4 Å². The summed E-state index contributed by atoms with van der Waals surface area (Å²) in [5.74, 6) is 0. The molecule has 0 saturated carbocycles. The zero-order valence-corrected chi connectivity index (χ0v) is 54.2. The van der Waals surface area contributed by atoms with Crippen LogP contribution < -0.4 is 25.3 Å². The van der Waals surface area contributed by atoms with Crippen molar-refractivity contribution in [2.24, 2.45) is 0 Å². The van der Waals surface area contributed by atoms with Gasteiger partial charge in [0.25, 0.3) is 0 Å². The van der Waals surface area contributed by atoms with E-state index in [0.717, 1.165) is 0 Å². The quantitative estimate of drug-likeness (QED) is 0.0505. The summed E-state index contributed by atoms with van der Waals surface area (Å²) < 4.78 is 0. The molecule has 5 heteroatoms. The third-order valence-electron chi connectivity index (χ3n) is 16.9. The van der Waals surface area contributed by atoms with Crippen LogP contribution in [-0.2, 0) is 0 Å². The van der Waals surface area contributed by atoms with Crippen molar-refractivity contribution in [2.75, 3.05) is 40.3 Å². The van der Waals surface area contributed by atoms with Crippen molar-refractivity contribution in [1.29, 1.82) is 0 Å². The minimum absolute atomic E-state index is 0.303. The molecule has 0 saturated heterocycles. The highest BCUT2D eigenvalue weighted by Gasteiger charge is 2.04. The first-order chi connectivity index (χ1) is 37.9. The Kier molecular flexibility index (Phi) is 72.3. The fourth-order valence-corrected chi connectivity index (χ4v) is 11.3. The molecule has 0 fully saturated rings. The van der Waals surface area contributed by atoms with Crippen molar-refractivity contribution in [2.45, 2.75) is 387 Å². The van der Waals surface area contributed by atoms with Crippen LogP contribution in [0.2, 0.25) is 0 Å². The standard InChI is InChI=1S/2C33H69N.C6H5BO2/c2*1-4-6-8-10-12-14-16-18-20-22-24-26-28-30-32-34(3)33-31-29-27-25-23-21-19-17-15-13-11-9-7-5-2;8-7(9)6-4-2-1-3-5-6/h2*4-33H2,1-3H3;1-5H/q;;-2/p+2. The average Bonchev–Trinajstić information content (AvgIpc) is 3.44. The first-order valence-electron chi connectivity index (χ1n) is 35.9. The zero-order valence-electron chi connectivity index (χ0n) is 54.2. The van der Waals surface area contributed by atoms with E-state index in [0.29, 0.717) is 5.46 Å². The molecule has 1 rings (SSSR count). The number of nitrogens with one attached hydrogen (secondary N) is 2. The van der Waals surface area contributed by atoms with Gasteiger partial charge in [-0.25, -0.2) is 0 Å². The summed E-state index contributed by atoms with van der Waals surface area (Å²) in [5.41, 5.74) is 0.303. The lowest BCUT2D eigenvalue weighted by molar-refractivity contribution is -0.880. The van der Waals surface area contributed by atoms with Gasteiger partial charge in [0.15, 0.2) is 0 Å². The summed E-state index contributed by atoms with van der Waals surface area (Å²) in [7, 11) is 3.00. The molecule has 0 aromatic heterocycles. The highest BCUT2D eigenvalue weighted by Crippen LogP contribution is 2.17. The lowest BCUT2D eigenvalue weighted by atomic mass is 9.81. The van der Waals surface area contributed by atoms with Gasteiger partial charge in [-0.15, -0.1) is 5.46 Å². The second-order valence-electron chi connectivity index (χ2n) is 25.0. The minimum atomic E-state index is -1.84. The fraction of sp³-hybridized carbons (Fsp3) is 0.917. The number of rotatable bonds is 61. The van der Waals surface area contributed by atoms with E-state index >= 15 is 0 Å². The van der Waals surface area contributed by atoms with Gasteiger partial charge in [0, 0.05) is 0 Å². The molecule has 0 aliphatic heterocycles. The summed E-state index contributed by atoms with van der Waals surface area (Å²) in [6.45, 7) is 14.8. The van der Waals surface area contributed by atoms with Crippen molar-refractivity contribution in [3.63, 3.8) is 0 Å². The SMILES string of the molecule is CCCCCCCCCCCCCCCC[NH+](C)CCCCCCCCCCCCCCCC.CCCCCCCCCCCCCCCC[NH+](C)CCCCCCCCCCCCCCCC.[O-]B([O-])c1ccccc1. The number of unbranched alkanes of at least 4 members (excludes halogenated alkanes) is 52. The monoisotopic (exact) mass is 1080 g/mol. The van der Waals surface area contributed by atoms with Crippen molar-refractivity contribution in [3.05, 3.63) is 30.3 Å². The second kappa shape index (κ2) is 71.2. The van der Waals surface area contributed by atoms with Crippen LogP contribution >= 0.6 is 0 Å². The molecule has 0 aliphatic carbocycles. The maximum atomic E-state index is 10.2. The Bertz CT molecular complexity index is 1010. The van der Waals surface area contributed by atoms with Crippen LogP contribution in [0.15, 0.2) is 30.3 Å². The highest BCUT2D eigenvalue weighted by atomic mass is 16.4. The molecular formula is C72H145BN2O2. The van der Waals surface area contributed by atoms with E-state index in [1.807, 2.05) is 0 Å². The minimum Gasteiger partial charge on any atom is -0.889 e. The Balaban J connectivity index is 0. The van der Waals surface area contributed by atoms with E-state index in [-0.39, 0.29) is 0 Å². The van der Waals surface area contributed by atoms with Crippen molar-refractivity contribution in [3.8, 4) is 0 Å². The molecular weight excluding hydrogens is 936 g/mol. The summed E-state index contributed by atoms with van der Waals surface area (Å²) in [5, 5.41) is 20.3. The van der Waals surface area contributed by atoms with Gasteiger partial charge < -0.3 is 19.8 Å². The van der Waals surface area contributed by atoms with Gasteiger partial charge in [0.2, 0.25) is 0 Å². The number of benzene rings is 1. The summed E-state index contributed by atoms with van der Waals surface area (Å²) in [6, 6.07) is 8.19. The van der Waals surface area contributed by atoms with Crippen LogP contribution in [0.5, 0.6) is 0 Å². The van der Waals surface area contributed by atoms with Crippen LogP contribution in [0, 0.1) is 0 Å². The Labute approximate surface area is 488 Å². The van der Waals surface area contributed by atoms with E-state index in [4.69, 9.17) is 0 Å². The molecule has 0 spiro atoms. The molecule has 0 atom stereocenters. The maximum absolute atomic E-state index is 10.2. The van der Waals surface area contributed by atoms with E-state index in [1.165, 1.54) is 398 Å². The van der Waals surface area contributed by atoms with Gasteiger partial charge in [-0.3, -0.25) is 0 Å². The summed E-state index contributed by atoms with van der Waals surface area (Å²) in [6.07, 6.45) is 82.1. The van der Waals surface area contributed by atoms with Crippen LogP contribution in [0.3, 0.4) is 0 Å².